The van der Waals surface area contributed by atoms with Crippen molar-refractivity contribution < 1.29 is 17.6 Å². The highest BCUT2D eigenvalue weighted by Gasteiger charge is 2.30. The minimum Gasteiger partial charge on any atom is -0.344 e. The predicted molar refractivity (Wildman–Crippen MR) is 124 cm³/mol. The number of para-hydroxylation sites is 1. The zero-order valence-corrected chi connectivity index (χ0v) is 19.0. The van der Waals surface area contributed by atoms with E-state index in [9.17, 15) is 17.6 Å². The van der Waals surface area contributed by atoms with Crippen LogP contribution >= 0.6 is 0 Å². The zero-order valence-electron chi connectivity index (χ0n) is 18.2. The van der Waals surface area contributed by atoms with Crippen molar-refractivity contribution in [1.29, 1.82) is 0 Å². The Morgan fingerprint density at radius 3 is 2.16 bits per heavy atom. The van der Waals surface area contributed by atoms with Crippen molar-refractivity contribution in [2.24, 2.45) is 0 Å². The van der Waals surface area contributed by atoms with Crippen LogP contribution in [0.2, 0.25) is 0 Å². The maximum Gasteiger partial charge on any atom is 0.304 e. The van der Waals surface area contributed by atoms with Crippen LogP contribution in [0.4, 0.5) is 10.1 Å². The van der Waals surface area contributed by atoms with Crippen LogP contribution in [0.5, 0.6) is 0 Å². The summed E-state index contributed by atoms with van der Waals surface area (Å²) in [5, 5.41) is 2.94. The van der Waals surface area contributed by atoms with Gasteiger partial charge >= 0.3 is 10.2 Å². The van der Waals surface area contributed by atoms with E-state index in [0.29, 0.717) is 0 Å². The van der Waals surface area contributed by atoms with E-state index in [1.165, 1.54) is 32.3 Å². The van der Waals surface area contributed by atoms with Crippen LogP contribution in [-0.4, -0.2) is 39.3 Å². The smallest absolute Gasteiger partial charge is 0.304 e. The third-order valence-electron chi connectivity index (χ3n) is 5.09. The lowest BCUT2D eigenvalue weighted by Gasteiger charge is -2.28. The van der Waals surface area contributed by atoms with Gasteiger partial charge in [-0.2, -0.15) is 12.7 Å². The van der Waals surface area contributed by atoms with Gasteiger partial charge in [0.25, 0.3) is 0 Å². The summed E-state index contributed by atoms with van der Waals surface area (Å²) < 4.78 is 42.0. The van der Waals surface area contributed by atoms with Crippen molar-refractivity contribution in [1.82, 2.24) is 9.62 Å². The Morgan fingerprint density at radius 1 is 0.938 bits per heavy atom. The van der Waals surface area contributed by atoms with Crippen molar-refractivity contribution in [2.75, 3.05) is 24.9 Å². The van der Waals surface area contributed by atoms with Crippen molar-refractivity contribution in [3.63, 3.8) is 0 Å². The molecule has 0 spiro atoms. The quantitative estimate of drug-likeness (QED) is 0.564. The number of hydrogen-bond acceptors (Lipinski definition) is 3. The van der Waals surface area contributed by atoms with Gasteiger partial charge in [-0.3, -0.25) is 4.79 Å². The molecule has 0 aliphatic heterocycles. The molecule has 3 aromatic carbocycles. The Labute approximate surface area is 188 Å². The van der Waals surface area contributed by atoms with Gasteiger partial charge in [0.1, 0.15) is 12.4 Å². The number of nitrogens with one attached hydrogen (secondary N) is 1. The molecule has 168 valence electrons. The summed E-state index contributed by atoms with van der Waals surface area (Å²) in [5.74, 6) is -1.29. The molecule has 0 radical (unpaired) electrons. The highest BCUT2D eigenvalue weighted by molar-refractivity contribution is 7.90. The first-order chi connectivity index (χ1) is 15.2. The van der Waals surface area contributed by atoms with Crippen LogP contribution in [0.3, 0.4) is 0 Å². The molecule has 0 aliphatic rings. The number of halogens is 1. The van der Waals surface area contributed by atoms with Gasteiger partial charge in [-0.05, 0) is 35.7 Å². The second kappa shape index (κ2) is 9.93. The SMILES string of the molecule is Cc1ccccc1[C@@H](NC(=O)CN(c1ccccc1F)S(=O)(=O)N(C)C)c1ccccc1. The van der Waals surface area contributed by atoms with Gasteiger partial charge < -0.3 is 5.32 Å². The Morgan fingerprint density at radius 2 is 1.53 bits per heavy atom. The largest absolute Gasteiger partial charge is 0.344 e. The highest BCUT2D eigenvalue weighted by atomic mass is 32.2. The first-order valence-electron chi connectivity index (χ1n) is 10.1. The molecule has 8 heteroatoms. The van der Waals surface area contributed by atoms with Crippen LogP contribution in [0.15, 0.2) is 78.9 Å². The molecule has 1 amide bonds. The van der Waals surface area contributed by atoms with Crippen molar-refractivity contribution in [2.45, 2.75) is 13.0 Å². The molecule has 0 aliphatic carbocycles. The Balaban J connectivity index is 1.96. The van der Waals surface area contributed by atoms with Gasteiger partial charge in [0, 0.05) is 14.1 Å². The van der Waals surface area contributed by atoms with E-state index in [1.807, 2.05) is 61.5 Å². The summed E-state index contributed by atoms with van der Waals surface area (Å²) in [6.07, 6.45) is 0. The van der Waals surface area contributed by atoms with Crippen LogP contribution < -0.4 is 9.62 Å². The number of amides is 1. The summed E-state index contributed by atoms with van der Waals surface area (Å²) in [5.41, 5.74) is 2.53. The van der Waals surface area contributed by atoms with E-state index >= 15 is 0 Å². The lowest BCUT2D eigenvalue weighted by atomic mass is 9.95. The standard InChI is InChI=1S/C24H26FN3O3S/c1-18-11-7-8-14-20(18)24(19-12-5-4-6-13-19)26-23(29)17-28(32(30,31)27(2)3)22-16-10-9-15-21(22)25/h4-16,24H,17H2,1-3H3,(H,26,29)/t24-/m0/s1. The minimum atomic E-state index is -4.12. The molecule has 1 N–H and O–H groups in total. The van der Waals surface area contributed by atoms with Crippen molar-refractivity contribution >= 4 is 21.8 Å². The monoisotopic (exact) mass is 455 g/mol. The lowest BCUT2D eigenvalue weighted by molar-refractivity contribution is -0.120. The summed E-state index contributed by atoms with van der Waals surface area (Å²) in [6, 6.07) is 22.0. The summed E-state index contributed by atoms with van der Waals surface area (Å²) in [4.78, 5) is 13.1. The highest BCUT2D eigenvalue weighted by Crippen LogP contribution is 2.26. The number of benzene rings is 3. The average Bonchev–Trinajstić information content (AvgIpc) is 2.77. The van der Waals surface area contributed by atoms with Crippen LogP contribution in [0, 0.1) is 12.7 Å². The first-order valence-corrected chi connectivity index (χ1v) is 11.5. The molecule has 1 atom stereocenters. The van der Waals surface area contributed by atoms with Gasteiger partial charge in [0.15, 0.2) is 0 Å². The number of hydrogen-bond donors (Lipinski definition) is 1. The topological polar surface area (TPSA) is 69.7 Å². The molecule has 0 bridgehead atoms. The Kier molecular flexibility index (Phi) is 7.27. The maximum absolute atomic E-state index is 14.5. The number of aryl methyl sites for hydroxylation is 1. The molecule has 0 aromatic heterocycles. The van der Waals surface area contributed by atoms with Crippen LogP contribution in [0.1, 0.15) is 22.7 Å². The maximum atomic E-state index is 14.5. The molecule has 0 fully saturated rings. The zero-order chi connectivity index (χ0) is 23.3. The minimum absolute atomic E-state index is 0.191. The number of carbonyl (C=O) groups is 1. The summed E-state index contributed by atoms with van der Waals surface area (Å²) in [6.45, 7) is 1.37. The van der Waals surface area contributed by atoms with Gasteiger partial charge in [0.2, 0.25) is 5.91 Å². The molecule has 6 nitrogen and oxygen atoms in total. The normalized spacial score (nSPS) is 12.4. The van der Waals surface area contributed by atoms with Crippen LogP contribution in [0.25, 0.3) is 0 Å². The van der Waals surface area contributed by atoms with Gasteiger partial charge in [-0.15, -0.1) is 0 Å². The van der Waals surface area contributed by atoms with E-state index in [0.717, 1.165) is 31.4 Å². The predicted octanol–water partition coefficient (Wildman–Crippen LogP) is 3.65. The third kappa shape index (κ3) is 5.15. The Hall–Kier alpha value is -3.23. The fraction of sp³-hybridized carbons (Fsp3) is 0.208. The summed E-state index contributed by atoms with van der Waals surface area (Å²) >= 11 is 0. The first kappa shape index (κ1) is 23.4. The lowest BCUT2D eigenvalue weighted by Crippen LogP contribution is -2.46. The van der Waals surface area contributed by atoms with E-state index in [4.69, 9.17) is 0 Å². The van der Waals surface area contributed by atoms with E-state index < -0.39 is 34.5 Å². The van der Waals surface area contributed by atoms with Gasteiger partial charge in [0.05, 0.1) is 11.7 Å². The number of rotatable bonds is 8. The molecule has 0 saturated carbocycles. The summed E-state index contributed by atoms with van der Waals surface area (Å²) in [7, 11) is -1.45. The van der Waals surface area contributed by atoms with Crippen LogP contribution in [-0.2, 0) is 15.0 Å². The average molecular weight is 456 g/mol. The molecule has 0 saturated heterocycles. The second-order valence-electron chi connectivity index (χ2n) is 7.52. The van der Waals surface area contributed by atoms with E-state index in [2.05, 4.69) is 5.32 Å². The second-order valence-corrected chi connectivity index (χ2v) is 9.58. The molecular weight excluding hydrogens is 429 g/mol. The molecule has 0 heterocycles. The fourth-order valence-corrected chi connectivity index (χ4v) is 4.45. The third-order valence-corrected chi connectivity index (χ3v) is 6.89. The van der Waals surface area contributed by atoms with E-state index in [1.54, 1.807) is 0 Å². The molecule has 0 unspecified atom stereocenters. The van der Waals surface area contributed by atoms with E-state index in [-0.39, 0.29) is 5.69 Å². The fourth-order valence-electron chi connectivity index (χ4n) is 3.38. The van der Waals surface area contributed by atoms with Crippen molar-refractivity contribution in [3.8, 4) is 0 Å². The van der Waals surface area contributed by atoms with Crippen molar-refractivity contribution in [3.05, 3.63) is 101 Å². The molecule has 3 aromatic rings. The Bertz CT molecular complexity index is 1180. The number of nitrogens with zero attached hydrogens (tertiary/aromatic N) is 2. The number of anilines is 1. The number of carbonyl (C=O) groups excluding carboxylic acids is 1. The molecule has 3 rings (SSSR count). The van der Waals surface area contributed by atoms with Gasteiger partial charge in [-0.25, -0.2) is 8.70 Å². The molecule has 32 heavy (non-hydrogen) atoms. The van der Waals surface area contributed by atoms with Gasteiger partial charge in [-0.1, -0.05) is 66.7 Å². The molecular formula is C24H26FN3O3S.